The van der Waals surface area contributed by atoms with Crippen molar-refractivity contribution in [2.75, 3.05) is 0 Å². The van der Waals surface area contributed by atoms with Crippen LogP contribution in [-0.2, 0) is 6.54 Å². The first kappa shape index (κ1) is 12.2. The van der Waals surface area contributed by atoms with E-state index in [-0.39, 0.29) is 17.8 Å². The van der Waals surface area contributed by atoms with Crippen LogP contribution in [0, 0.1) is 23.0 Å². The van der Waals surface area contributed by atoms with Crippen LogP contribution in [0.2, 0.25) is 0 Å². The molecule has 6 heteroatoms. The van der Waals surface area contributed by atoms with Crippen LogP contribution in [-0.4, -0.2) is 14.8 Å². The largest absolute Gasteiger partial charge is 0.241 e. The third kappa shape index (κ3) is 1.89. The van der Waals surface area contributed by atoms with Gasteiger partial charge in [-0.25, -0.2) is 18.4 Å². The first-order valence-electron chi connectivity index (χ1n) is 5.85. The molecule has 3 rings (SSSR count). The molecular weight excluding hydrogens is 262 g/mol. The van der Waals surface area contributed by atoms with Gasteiger partial charge in [0.25, 0.3) is 0 Å². The van der Waals surface area contributed by atoms with Crippen LogP contribution in [0.3, 0.4) is 0 Å². The minimum atomic E-state index is -0.650. The number of pyridine rings is 1. The second-order valence-electron chi connectivity index (χ2n) is 4.19. The molecule has 0 spiro atoms. The Labute approximate surface area is 112 Å². The monoisotopic (exact) mass is 270 g/mol. The van der Waals surface area contributed by atoms with Gasteiger partial charge in [-0.2, -0.15) is 10.4 Å². The highest BCUT2D eigenvalue weighted by molar-refractivity contribution is 5.80. The van der Waals surface area contributed by atoms with E-state index >= 15 is 0 Å². The maximum atomic E-state index is 13.7. The van der Waals surface area contributed by atoms with Crippen molar-refractivity contribution >= 4 is 11.0 Å². The summed E-state index contributed by atoms with van der Waals surface area (Å²) in [5.74, 6) is -1.30. The smallest absolute Gasteiger partial charge is 0.172 e. The number of nitriles is 1. The Morgan fingerprint density at radius 1 is 1.15 bits per heavy atom. The van der Waals surface area contributed by atoms with E-state index in [0.29, 0.717) is 11.0 Å². The van der Waals surface area contributed by atoms with Crippen LogP contribution in [0.1, 0.15) is 11.3 Å². The lowest BCUT2D eigenvalue weighted by atomic mass is 10.2. The molecule has 0 unspecified atom stereocenters. The van der Waals surface area contributed by atoms with E-state index in [4.69, 9.17) is 5.26 Å². The van der Waals surface area contributed by atoms with Crippen LogP contribution < -0.4 is 0 Å². The molecule has 4 nitrogen and oxygen atoms in total. The molecule has 0 bridgehead atoms. The molecule has 0 aliphatic rings. The predicted octanol–water partition coefficient (Wildman–Crippen LogP) is 2.63. The van der Waals surface area contributed by atoms with Gasteiger partial charge in [-0.05, 0) is 24.3 Å². The average Bonchev–Trinajstić information content (AvgIpc) is 2.81. The van der Waals surface area contributed by atoms with E-state index in [9.17, 15) is 8.78 Å². The SMILES string of the molecule is N#Cc1nn(Cc2c(F)cccc2F)c2ncccc12. The number of rotatable bonds is 2. The lowest BCUT2D eigenvalue weighted by molar-refractivity contribution is 0.536. The molecule has 0 amide bonds. The Morgan fingerprint density at radius 2 is 1.90 bits per heavy atom. The van der Waals surface area contributed by atoms with Crippen molar-refractivity contribution in [1.29, 1.82) is 5.26 Å². The Balaban J connectivity index is 2.15. The minimum Gasteiger partial charge on any atom is -0.241 e. The average molecular weight is 270 g/mol. The van der Waals surface area contributed by atoms with Gasteiger partial charge in [0.05, 0.1) is 11.9 Å². The fraction of sp³-hybridized carbons (Fsp3) is 0.0714. The minimum absolute atomic E-state index is 0.105. The van der Waals surface area contributed by atoms with Gasteiger partial charge in [0.15, 0.2) is 11.3 Å². The molecule has 0 aliphatic heterocycles. The van der Waals surface area contributed by atoms with Crippen molar-refractivity contribution in [3.05, 3.63) is 59.4 Å². The summed E-state index contributed by atoms with van der Waals surface area (Å²) in [6.45, 7) is -0.117. The van der Waals surface area contributed by atoms with Gasteiger partial charge < -0.3 is 0 Å². The molecule has 0 aliphatic carbocycles. The molecule has 0 saturated carbocycles. The van der Waals surface area contributed by atoms with Crippen molar-refractivity contribution in [2.24, 2.45) is 0 Å². The molecular formula is C14H8F2N4. The second kappa shape index (κ2) is 4.70. The molecule has 0 N–H and O–H groups in total. The third-order valence-corrected chi connectivity index (χ3v) is 2.98. The number of nitrogens with zero attached hydrogens (tertiary/aromatic N) is 4. The van der Waals surface area contributed by atoms with Gasteiger partial charge in [-0.3, -0.25) is 0 Å². The Bertz CT molecular complexity index is 813. The summed E-state index contributed by atoms with van der Waals surface area (Å²) < 4.78 is 28.6. The van der Waals surface area contributed by atoms with E-state index < -0.39 is 11.6 Å². The predicted molar refractivity (Wildman–Crippen MR) is 67.7 cm³/mol. The summed E-state index contributed by atoms with van der Waals surface area (Å²) in [6, 6.07) is 8.99. The van der Waals surface area contributed by atoms with Crippen LogP contribution >= 0.6 is 0 Å². The summed E-state index contributed by atoms with van der Waals surface area (Å²) in [6.07, 6.45) is 1.54. The third-order valence-electron chi connectivity index (χ3n) is 2.98. The fourth-order valence-electron chi connectivity index (χ4n) is 2.04. The van der Waals surface area contributed by atoms with E-state index in [0.717, 1.165) is 0 Å². The maximum absolute atomic E-state index is 13.7. The van der Waals surface area contributed by atoms with Crippen molar-refractivity contribution in [3.8, 4) is 6.07 Å². The number of hydrogen-bond donors (Lipinski definition) is 0. The quantitative estimate of drug-likeness (QED) is 0.719. The molecule has 2 aromatic heterocycles. The zero-order valence-electron chi connectivity index (χ0n) is 10.2. The van der Waals surface area contributed by atoms with Crippen LogP contribution in [0.25, 0.3) is 11.0 Å². The van der Waals surface area contributed by atoms with Gasteiger partial charge in [0, 0.05) is 11.8 Å². The summed E-state index contributed by atoms with van der Waals surface area (Å²) in [4.78, 5) is 4.11. The first-order valence-corrected chi connectivity index (χ1v) is 5.85. The van der Waals surface area contributed by atoms with Gasteiger partial charge in [0.1, 0.15) is 17.7 Å². The first-order chi connectivity index (χ1) is 9.70. The molecule has 0 radical (unpaired) electrons. The summed E-state index contributed by atoms with van der Waals surface area (Å²) in [5.41, 5.74) is 0.503. The highest BCUT2D eigenvalue weighted by Gasteiger charge is 2.15. The standard InChI is InChI=1S/C14H8F2N4/c15-11-4-1-5-12(16)10(11)8-20-14-9(3-2-6-18-14)13(7-17)19-20/h1-6H,8H2. The van der Waals surface area contributed by atoms with E-state index in [2.05, 4.69) is 10.1 Å². The van der Waals surface area contributed by atoms with Crippen LogP contribution in [0.15, 0.2) is 36.5 Å². The highest BCUT2D eigenvalue weighted by atomic mass is 19.1. The molecule has 1 aromatic carbocycles. The second-order valence-corrected chi connectivity index (χ2v) is 4.19. The highest BCUT2D eigenvalue weighted by Crippen LogP contribution is 2.19. The molecule has 3 aromatic rings. The normalized spacial score (nSPS) is 10.7. The lowest BCUT2D eigenvalue weighted by Gasteiger charge is -2.05. The van der Waals surface area contributed by atoms with Gasteiger partial charge in [-0.1, -0.05) is 6.07 Å². The molecule has 2 heterocycles. The number of aromatic nitrogens is 3. The van der Waals surface area contributed by atoms with Crippen molar-refractivity contribution in [2.45, 2.75) is 6.54 Å². The van der Waals surface area contributed by atoms with Gasteiger partial charge in [-0.15, -0.1) is 0 Å². The summed E-state index contributed by atoms with van der Waals surface area (Å²) in [7, 11) is 0. The number of halogens is 2. The molecule has 98 valence electrons. The molecule has 0 atom stereocenters. The van der Waals surface area contributed by atoms with E-state index in [1.54, 1.807) is 18.3 Å². The van der Waals surface area contributed by atoms with Crippen molar-refractivity contribution in [1.82, 2.24) is 14.8 Å². The van der Waals surface area contributed by atoms with E-state index in [1.807, 2.05) is 6.07 Å². The zero-order chi connectivity index (χ0) is 14.1. The Kier molecular flexibility index (Phi) is 2.88. The van der Waals surface area contributed by atoms with Gasteiger partial charge >= 0.3 is 0 Å². The number of benzene rings is 1. The molecule has 0 saturated heterocycles. The summed E-state index contributed by atoms with van der Waals surface area (Å²) >= 11 is 0. The Morgan fingerprint density at radius 3 is 2.60 bits per heavy atom. The summed E-state index contributed by atoms with van der Waals surface area (Å²) in [5, 5.41) is 13.6. The molecule has 20 heavy (non-hydrogen) atoms. The molecule has 0 fully saturated rings. The van der Waals surface area contributed by atoms with Gasteiger partial charge in [0.2, 0.25) is 0 Å². The maximum Gasteiger partial charge on any atom is 0.172 e. The topological polar surface area (TPSA) is 54.5 Å². The fourth-order valence-corrected chi connectivity index (χ4v) is 2.04. The van der Waals surface area contributed by atoms with Crippen LogP contribution in [0.5, 0.6) is 0 Å². The van der Waals surface area contributed by atoms with Crippen molar-refractivity contribution < 1.29 is 8.78 Å². The van der Waals surface area contributed by atoms with Crippen molar-refractivity contribution in [3.63, 3.8) is 0 Å². The number of fused-ring (bicyclic) bond motifs is 1. The zero-order valence-corrected chi connectivity index (χ0v) is 10.2. The lowest BCUT2D eigenvalue weighted by Crippen LogP contribution is -2.07. The number of hydrogen-bond acceptors (Lipinski definition) is 3. The Hall–Kier alpha value is -2.81. The van der Waals surface area contributed by atoms with E-state index in [1.165, 1.54) is 22.9 Å². The van der Waals surface area contributed by atoms with Crippen LogP contribution in [0.4, 0.5) is 8.78 Å².